The molecule has 6 nitrogen and oxygen atoms in total. The highest BCUT2D eigenvalue weighted by Gasteiger charge is 2.22. The molecule has 2 aromatic carbocycles. The van der Waals surface area contributed by atoms with Crippen LogP contribution in [0.5, 0.6) is 5.75 Å². The molecule has 6 heteroatoms. The summed E-state index contributed by atoms with van der Waals surface area (Å²) in [6.45, 7) is 4.38. The summed E-state index contributed by atoms with van der Waals surface area (Å²) in [6, 6.07) is 14.4. The van der Waals surface area contributed by atoms with Gasteiger partial charge in [-0.1, -0.05) is 12.1 Å². The van der Waals surface area contributed by atoms with Crippen LogP contribution in [0.2, 0.25) is 0 Å². The quantitative estimate of drug-likeness (QED) is 0.808. The van der Waals surface area contributed by atoms with E-state index in [2.05, 4.69) is 10.2 Å². The molecule has 136 valence electrons. The first kappa shape index (κ1) is 17.8. The van der Waals surface area contributed by atoms with Crippen LogP contribution >= 0.6 is 0 Å². The predicted octanol–water partition coefficient (Wildman–Crippen LogP) is 2.36. The minimum atomic E-state index is 0.0231. The Morgan fingerprint density at radius 3 is 2.27 bits per heavy atom. The van der Waals surface area contributed by atoms with Crippen molar-refractivity contribution in [3.63, 3.8) is 0 Å². The van der Waals surface area contributed by atoms with Crippen LogP contribution < -0.4 is 10.2 Å². The second-order valence-electron chi connectivity index (χ2n) is 6.34. The number of phenolic OH excluding ortho intramolecular Hbond substituents is 1. The monoisotopic (exact) mass is 353 g/mol. The lowest BCUT2D eigenvalue weighted by atomic mass is 10.1. The molecule has 1 heterocycles. The van der Waals surface area contributed by atoms with Crippen LogP contribution in [0.25, 0.3) is 0 Å². The van der Waals surface area contributed by atoms with Crippen LogP contribution in [-0.2, 0) is 4.79 Å². The number of rotatable bonds is 5. The van der Waals surface area contributed by atoms with Gasteiger partial charge in [-0.15, -0.1) is 0 Å². The lowest BCUT2D eigenvalue weighted by molar-refractivity contribution is -0.129. The van der Waals surface area contributed by atoms with Crippen molar-refractivity contribution in [1.82, 2.24) is 4.90 Å². The molecule has 0 spiro atoms. The molecule has 3 rings (SSSR count). The minimum Gasteiger partial charge on any atom is -0.506 e. The molecule has 1 amide bonds. The average molecular weight is 353 g/mol. The SMILES string of the molecule is CC(=O)c1ccc(NCC(=O)N2CCN(c3ccccc3O)CC2)cc1. The first-order valence-electron chi connectivity index (χ1n) is 8.70. The molecule has 0 saturated carbocycles. The van der Waals surface area contributed by atoms with Crippen LogP contribution in [0.1, 0.15) is 17.3 Å². The summed E-state index contributed by atoms with van der Waals surface area (Å²) in [6.07, 6.45) is 0. The van der Waals surface area contributed by atoms with Crippen molar-refractivity contribution >= 4 is 23.1 Å². The van der Waals surface area contributed by atoms with E-state index in [1.807, 2.05) is 17.0 Å². The van der Waals surface area contributed by atoms with Gasteiger partial charge in [0.15, 0.2) is 5.78 Å². The Balaban J connectivity index is 1.49. The second-order valence-corrected chi connectivity index (χ2v) is 6.34. The lowest BCUT2D eigenvalue weighted by Crippen LogP contribution is -2.50. The molecule has 2 N–H and O–H groups in total. The van der Waals surface area contributed by atoms with Gasteiger partial charge in [-0.25, -0.2) is 0 Å². The normalized spacial score (nSPS) is 14.2. The average Bonchev–Trinajstić information content (AvgIpc) is 2.67. The van der Waals surface area contributed by atoms with Gasteiger partial charge in [-0.2, -0.15) is 0 Å². The van der Waals surface area contributed by atoms with Crippen molar-refractivity contribution in [2.75, 3.05) is 42.9 Å². The maximum atomic E-state index is 12.4. The first-order chi connectivity index (χ1) is 12.5. The van der Waals surface area contributed by atoms with E-state index in [1.165, 1.54) is 6.92 Å². The number of hydrogen-bond donors (Lipinski definition) is 2. The lowest BCUT2D eigenvalue weighted by Gasteiger charge is -2.36. The summed E-state index contributed by atoms with van der Waals surface area (Å²) in [5.41, 5.74) is 2.28. The Morgan fingerprint density at radius 1 is 1.00 bits per heavy atom. The molecule has 26 heavy (non-hydrogen) atoms. The Morgan fingerprint density at radius 2 is 1.65 bits per heavy atom. The Bertz CT molecular complexity index is 781. The van der Waals surface area contributed by atoms with Gasteiger partial charge in [0.1, 0.15) is 5.75 Å². The number of Topliss-reactive ketones (excluding diaryl/α,β-unsaturated/α-hetero) is 1. The first-order valence-corrected chi connectivity index (χ1v) is 8.70. The van der Waals surface area contributed by atoms with Crippen molar-refractivity contribution in [2.24, 2.45) is 0 Å². The topological polar surface area (TPSA) is 72.9 Å². The van der Waals surface area contributed by atoms with Gasteiger partial charge in [0.05, 0.1) is 12.2 Å². The molecule has 0 radical (unpaired) electrons. The fourth-order valence-electron chi connectivity index (χ4n) is 3.04. The van der Waals surface area contributed by atoms with Gasteiger partial charge >= 0.3 is 0 Å². The van der Waals surface area contributed by atoms with E-state index in [0.29, 0.717) is 31.7 Å². The number of nitrogens with one attached hydrogen (secondary N) is 1. The maximum Gasteiger partial charge on any atom is 0.241 e. The number of phenols is 1. The minimum absolute atomic E-state index is 0.0231. The number of aromatic hydroxyl groups is 1. The van der Waals surface area contributed by atoms with E-state index < -0.39 is 0 Å². The van der Waals surface area contributed by atoms with Crippen molar-refractivity contribution in [1.29, 1.82) is 0 Å². The van der Waals surface area contributed by atoms with Crippen LogP contribution in [-0.4, -0.2) is 54.4 Å². The highest BCUT2D eigenvalue weighted by Crippen LogP contribution is 2.27. The second kappa shape index (κ2) is 7.91. The molecule has 1 saturated heterocycles. The predicted molar refractivity (Wildman–Crippen MR) is 102 cm³/mol. The van der Waals surface area contributed by atoms with Crippen molar-refractivity contribution in [2.45, 2.75) is 6.92 Å². The Labute approximate surface area is 153 Å². The summed E-state index contributed by atoms with van der Waals surface area (Å²) in [4.78, 5) is 27.6. The summed E-state index contributed by atoms with van der Waals surface area (Å²) in [5, 5.41) is 13.1. The number of amides is 1. The molecule has 2 aromatic rings. The number of anilines is 2. The van der Waals surface area contributed by atoms with Crippen LogP contribution in [0, 0.1) is 0 Å². The van der Waals surface area contributed by atoms with Gasteiger partial charge in [0.25, 0.3) is 0 Å². The molecule has 0 atom stereocenters. The number of para-hydroxylation sites is 2. The zero-order chi connectivity index (χ0) is 18.5. The van der Waals surface area contributed by atoms with E-state index in [0.717, 1.165) is 11.4 Å². The molecule has 1 fully saturated rings. The molecule has 1 aliphatic heterocycles. The number of benzene rings is 2. The summed E-state index contributed by atoms with van der Waals surface area (Å²) >= 11 is 0. The van der Waals surface area contributed by atoms with Gasteiger partial charge < -0.3 is 20.2 Å². The van der Waals surface area contributed by atoms with Gasteiger partial charge in [0, 0.05) is 37.4 Å². The Hall–Kier alpha value is -3.02. The van der Waals surface area contributed by atoms with E-state index in [1.54, 1.807) is 36.4 Å². The van der Waals surface area contributed by atoms with Crippen molar-refractivity contribution in [3.8, 4) is 5.75 Å². The van der Waals surface area contributed by atoms with Gasteiger partial charge in [0.2, 0.25) is 5.91 Å². The third-order valence-corrected chi connectivity index (χ3v) is 4.59. The molecule has 1 aliphatic rings. The fraction of sp³-hybridized carbons (Fsp3) is 0.300. The molecule has 0 aliphatic carbocycles. The molecule has 0 unspecified atom stereocenters. The fourth-order valence-corrected chi connectivity index (χ4v) is 3.04. The maximum absolute atomic E-state index is 12.4. The number of carbonyl (C=O) groups excluding carboxylic acids is 2. The smallest absolute Gasteiger partial charge is 0.241 e. The molecular weight excluding hydrogens is 330 g/mol. The number of hydrogen-bond acceptors (Lipinski definition) is 5. The van der Waals surface area contributed by atoms with Crippen LogP contribution in [0.15, 0.2) is 48.5 Å². The van der Waals surface area contributed by atoms with E-state index in [9.17, 15) is 14.7 Å². The van der Waals surface area contributed by atoms with E-state index in [4.69, 9.17) is 0 Å². The molecule has 0 aromatic heterocycles. The van der Waals surface area contributed by atoms with Crippen molar-refractivity contribution < 1.29 is 14.7 Å². The van der Waals surface area contributed by atoms with Crippen LogP contribution in [0.3, 0.4) is 0 Å². The van der Waals surface area contributed by atoms with E-state index in [-0.39, 0.29) is 24.0 Å². The van der Waals surface area contributed by atoms with Crippen molar-refractivity contribution in [3.05, 3.63) is 54.1 Å². The van der Waals surface area contributed by atoms with E-state index >= 15 is 0 Å². The number of nitrogens with zero attached hydrogens (tertiary/aromatic N) is 2. The number of piperazine rings is 1. The third kappa shape index (κ3) is 4.14. The summed E-state index contributed by atoms with van der Waals surface area (Å²) in [7, 11) is 0. The number of ketones is 1. The molecular formula is C20H23N3O3. The largest absolute Gasteiger partial charge is 0.506 e. The zero-order valence-corrected chi connectivity index (χ0v) is 14.8. The van der Waals surface area contributed by atoms with Gasteiger partial charge in [-0.05, 0) is 43.3 Å². The Kier molecular flexibility index (Phi) is 5.41. The molecule has 0 bridgehead atoms. The number of carbonyl (C=O) groups is 2. The summed E-state index contributed by atoms with van der Waals surface area (Å²) in [5.74, 6) is 0.329. The van der Waals surface area contributed by atoms with Crippen LogP contribution in [0.4, 0.5) is 11.4 Å². The standard InChI is InChI=1S/C20H23N3O3/c1-15(24)16-6-8-17(9-7-16)21-14-20(26)23-12-10-22(11-13-23)18-4-2-3-5-19(18)25/h2-9,21,25H,10-14H2,1H3. The van der Waals surface area contributed by atoms with Gasteiger partial charge in [-0.3, -0.25) is 9.59 Å². The highest BCUT2D eigenvalue weighted by molar-refractivity contribution is 5.94. The summed E-state index contributed by atoms with van der Waals surface area (Å²) < 4.78 is 0. The zero-order valence-electron chi connectivity index (χ0n) is 14.8. The highest BCUT2D eigenvalue weighted by atomic mass is 16.3. The third-order valence-electron chi connectivity index (χ3n) is 4.59.